The molecular formula is C16H20N2O3. The fourth-order valence-corrected chi connectivity index (χ4v) is 2.38. The summed E-state index contributed by atoms with van der Waals surface area (Å²) >= 11 is 0. The minimum atomic E-state index is -0.0576. The van der Waals surface area contributed by atoms with E-state index in [2.05, 4.69) is 0 Å². The van der Waals surface area contributed by atoms with E-state index in [-0.39, 0.29) is 11.7 Å². The maximum atomic E-state index is 12.6. The SMILES string of the molecule is CCC(=O)N1C/C(=C/N(C)C)C(=O)c2cc(OC)ccc21. The van der Waals surface area contributed by atoms with Gasteiger partial charge in [-0.05, 0) is 18.2 Å². The number of rotatable bonds is 3. The highest BCUT2D eigenvalue weighted by Gasteiger charge is 2.30. The van der Waals surface area contributed by atoms with Crippen LogP contribution in [0.15, 0.2) is 30.0 Å². The Labute approximate surface area is 124 Å². The third-order valence-electron chi connectivity index (χ3n) is 3.38. The molecule has 0 fully saturated rings. The molecule has 0 radical (unpaired) electrons. The standard InChI is InChI=1S/C16H20N2O3/c1-5-15(19)18-10-11(9-17(2)3)16(20)13-8-12(21-4)6-7-14(13)18/h6-9H,5,10H2,1-4H3/b11-9-. The van der Waals surface area contributed by atoms with Crippen LogP contribution in [0.2, 0.25) is 0 Å². The number of benzene rings is 1. The van der Waals surface area contributed by atoms with Crippen LogP contribution in [-0.4, -0.2) is 44.3 Å². The minimum absolute atomic E-state index is 0.00132. The Morgan fingerprint density at radius 1 is 1.43 bits per heavy atom. The summed E-state index contributed by atoms with van der Waals surface area (Å²) in [7, 11) is 5.27. The van der Waals surface area contributed by atoms with Gasteiger partial charge in [-0.1, -0.05) is 6.92 Å². The molecule has 1 aromatic rings. The highest BCUT2D eigenvalue weighted by molar-refractivity contribution is 6.17. The smallest absolute Gasteiger partial charge is 0.227 e. The van der Waals surface area contributed by atoms with Crippen molar-refractivity contribution in [2.24, 2.45) is 0 Å². The Kier molecular flexibility index (Phi) is 4.31. The van der Waals surface area contributed by atoms with Crippen LogP contribution in [0.4, 0.5) is 5.69 Å². The molecule has 5 nitrogen and oxygen atoms in total. The number of anilines is 1. The third-order valence-corrected chi connectivity index (χ3v) is 3.38. The van der Waals surface area contributed by atoms with Crippen LogP contribution in [0.5, 0.6) is 5.75 Å². The van der Waals surface area contributed by atoms with E-state index in [0.29, 0.717) is 35.5 Å². The van der Waals surface area contributed by atoms with E-state index in [1.807, 2.05) is 25.9 Å². The van der Waals surface area contributed by atoms with E-state index in [0.717, 1.165) is 0 Å². The number of ether oxygens (including phenoxy) is 1. The molecule has 0 spiro atoms. The quantitative estimate of drug-likeness (QED) is 0.799. The Morgan fingerprint density at radius 3 is 2.71 bits per heavy atom. The van der Waals surface area contributed by atoms with E-state index in [4.69, 9.17) is 4.74 Å². The summed E-state index contributed by atoms with van der Waals surface area (Å²) in [5.41, 5.74) is 1.77. The van der Waals surface area contributed by atoms with Crippen LogP contribution in [0.25, 0.3) is 0 Å². The zero-order valence-electron chi connectivity index (χ0n) is 12.8. The second-order valence-electron chi connectivity index (χ2n) is 5.16. The zero-order chi connectivity index (χ0) is 15.6. The van der Waals surface area contributed by atoms with Gasteiger partial charge < -0.3 is 14.5 Å². The van der Waals surface area contributed by atoms with Crippen LogP contribution in [0, 0.1) is 0 Å². The highest BCUT2D eigenvalue weighted by atomic mass is 16.5. The summed E-state index contributed by atoms with van der Waals surface area (Å²) < 4.78 is 5.18. The summed E-state index contributed by atoms with van der Waals surface area (Å²) in [6, 6.07) is 5.23. The molecule has 2 rings (SSSR count). The van der Waals surface area contributed by atoms with Gasteiger partial charge in [-0.15, -0.1) is 0 Å². The van der Waals surface area contributed by atoms with Crippen molar-refractivity contribution in [3.8, 4) is 5.75 Å². The predicted molar refractivity (Wildman–Crippen MR) is 81.7 cm³/mol. The summed E-state index contributed by atoms with van der Waals surface area (Å²) in [4.78, 5) is 28.2. The topological polar surface area (TPSA) is 49.9 Å². The number of carbonyl (C=O) groups excluding carboxylic acids is 2. The Morgan fingerprint density at radius 2 is 2.14 bits per heavy atom. The number of carbonyl (C=O) groups is 2. The van der Waals surface area contributed by atoms with Crippen molar-refractivity contribution >= 4 is 17.4 Å². The van der Waals surface area contributed by atoms with E-state index in [1.54, 1.807) is 36.4 Å². The molecule has 0 saturated carbocycles. The van der Waals surface area contributed by atoms with Gasteiger partial charge in [0, 0.05) is 37.9 Å². The van der Waals surface area contributed by atoms with Crippen molar-refractivity contribution in [2.75, 3.05) is 32.6 Å². The molecule has 0 aromatic heterocycles. The lowest BCUT2D eigenvalue weighted by Crippen LogP contribution is -2.39. The van der Waals surface area contributed by atoms with Crippen molar-refractivity contribution in [2.45, 2.75) is 13.3 Å². The van der Waals surface area contributed by atoms with Crippen LogP contribution in [0.3, 0.4) is 0 Å². The number of amides is 1. The second-order valence-corrected chi connectivity index (χ2v) is 5.16. The minimum Gasteiger partial charge on any atom is -0.497 e. The normalized spacial score (nSPS) is 15.9. The van der Waals surface area contributed by atoms with E-state index in [1.165, 1.54) is 0 Å². The largest absolute Gasteiger partial charge is 0.497 e. The molecule has 5 heteroatoms. The molecule has 1 aromatic carbocycles. The molecule has 0 bridgehead atoms. The molecule has 1 heterocycles. The second kappa shape index (κ2) is 5.99. The molecule has 0 unspecified atom stereocenters. The predicted octanol–water partition coefficient (Wildman–Crippen LogP) is 2.08. The van der Waals surface area contributed by atoms with Gasteiger partial charge >= 0.3 is 0 Å². The fourth-order valence-electron chi connectivity index (χ4n) is 2.38. The van der Waals surface area contributed by atoms with Gasteiger partial charge in [0.05, 0.1) is 19.3 Å². The molecule has 1 aliphatic heterocycles. The molecule has 0 atom stereocenters. The first-order valence-electron chi connectivity index (χ1n) is 6.88. The van der Waals surface area contributed by atoms with Crippen LogP contribution in [0.1, 0.15) is 23.7 Å². The number of nitrogens with zero attached hydrogens (tertiary/aromatic N) is 2. The maximum absolute atomic E-state index is 12.6. The molecule has 0 saturated heterocycles. The molecular weight excluding hydrogens is 268 g/mol. The number of hydrogen-bond donors (Lipinski definition) is 0. The van der Waals surface area contributed by atoms with Gasteiger partial charge in [0.15, 0.2) is 5.78 Å². The van der Waals surface area contributed by atoms with Gasteiger partial charge in [0.25, 0.3) is 0 Å². The Hall–Kier alpha value is -2.30. The summed E-state index contributed by atoms with van der Waals surface area (Å²) in [5.74, 6) is 0.549. The van der Waals surface area contributed by atoms with Crippen LogP contribution in [-0.2, 0) is 4.79 Å². The number of methoxy groups -OCH3 is 1. The molecule has 0 aliphatic carbocycles. The van der Waals surface area contributed by atoms with Gasteiger partial charge in [0.1, 0.15) is 5.75 Å². The molecule has 0 N–H and O–H groups in total. The van der Waals surface area contributed by atoms with Crippen molar-refractivity contribution in [1.82, 2.24) is 4.90 Å². The summed E-state index contributed by atoms with van der Waals surface area (Å²) in [6.45, 7) is 2.13. The monoisotopic (exact) mass is 288 g/mol. The van der Waals surface area contributed by atoms with Gasteiger partial charge in [0.2, 0.25) is 5.91 Å². The van der Waals surface area contributed by atoms with E-state index < -0.39 is 0 Å². The van der Waals surface area contributed by atoms with Crippen molar-refractivity contribution < 1.29 is 14.3 Å². The first-order chi connectivity index (χ1) is 9.97. The first-order valence-corrected chi connectivity index (χ1v) is 6.88. The van der Waals surface area contributed by atoms with Crippen LogP contribution >= 0.6 is 0 Å². The summed E-state index contributed by atoms with van der Waals surface area (Å²) in [5, 5.41) is 0. The van der Waals surface area contributed by atoms with E-state index >= 15 is 0 Å². The van der Waals surface area contributed by atoms with Crippen molar-refractivity contribution in [1.29, 1.82) is 0 Å². The number of ketones is 1. The molecule has 1 amide bonds. The average molecular weight is 288 g/mol. The average Bonchev–Trinajstić information content (AvgIpc) is 2.48. The van der Waals surface area contributed by atoms with Gasteiger partial charge in [-0.3, -0.25) is 9.59 Å². The third kappa shape index (κ3) is 2.91. The number of Topliss-reactive ketones (excluding diaryl/α,β-unsaturated/α-hetero) is 1. The fraction of sp³-hybridized carbons (Fsp3) is 0.375. The number of fused-ring (bicyclic) bond motifs is 1. The van der Waals surface area contributed by atoms with E-state index in [9.17, 15) is 9.59 Å². The molecule has 112 valence electrons. The first kappa shape index (κ1) is 15.1. The highest BCUT2D eigenvalue weighted by Crippen LogP contribution is 2.32. The van der Waals surface area contributed by atoms with Gasteiger partial charge in [-0.25, -0.2) is 0 Å². The van der Waals surface area contributed by atoms with Gasteiger partial charge in [-0.2, -0.15) is 0 Å². The summed E-state index contributed by atoms with van der Waals surface area (Å²) in [6.07, 6.45) is 2.16. The van der Waals surface area contributed by atoms with Crippen molar-refractivity contribution in [3.63, 3.8) is 0 Å². The van der Waals surface area contributed by atoms with Crippen molar-refractivity contribution in [3.05, 3.63) is 35.5 Å². The zero-order valence-corrected chi connectivity index (χ0v) is 12.8. The number of hydrogen-bond acceptors (Lipinski definition) is 4. The molecule has 1 aliphatic rings. The lowest BCUT2D eigenvalue weighted by molar-refractivity contribution is -0.118. The Balaban J connectivity index is 2.56. The lowest BCUT2D eigenvalue weighted by atomic mass is 9.95. The maximum Gasteiger partial charge on any atom is 0.227 e. The Bertz CT molecular complexity index is 606. The lowest BCUT2D eigenvalue weighted by Gasteiger charge is -2.30. The molecule has 21 heavy (non-hydrogen) atoms. The van der Waals surface area contributed by atoms with Crippen LogP contribution < -0.4 is 9.64 Å².